The monoisotopic (exact) mass is 191 g/mol. The van der Waals surface area contributed by atoms with E-state index in [0.717, 1.165) is 6.42 Å². The number of aryl methyl sites for hydroxylation is 1. The second-order valence-corrected chi connectivity index (χ2v) is 4.27. The van der Waals surface area contributed by atoms with Crippen molar-refractivity contribution in [2.24, 2.45) is 5.92 Å². The Morgan fingerprint density at radius 1 is 1.21 bits per heavy atom. The zero-order chi connectivity index (χ0) is 10.6. The summed E-state index contributed by atoms with van der Waals surface area (Å²) in [5, 5.41) is 3.38. The van der Waals surface area contributed by atoms with Gasteiger partial charge in [-0.2, -0.15) is 0 Å². The Kier molecular flexibility index (Phi) is 4.15. The lowest BCUT2D eigenvalue weighted by Crippen LogP contribution is -2.32. The van der Waals surface area contributed by atoms with Gasteiger partial charge in [-0.15, -0.1) is 0 Å². The van der Waals surface area contributed by atoms with Crippen LogP contribution in [0.3, 0.4) is 0 Å². The van der Waals surface area contributed by atoms with Gasteiger partial charge in [0.2, 0.25) is 0 Å². The summed E-state index contributed by atoms with van der Waals surface area (Å²) in [7, 11) is 2.04. The second-order valence-electron chi connectivity index (χ2n) is 4.27. The van der Waals surface area contributed by atoms with Crippen molar-refractivity contribution in [2.75, 3.05) is 7.05 Å². The number of hydrogen-bond donors (Lipinski definition) is 1. The first-order chi connectivity index (χ1) is 6.65. The van der Waals surface area contributed by atoms with Crippen LogP contribution >= 0.6 is 0 Å². The van der Waals surface area contributed by atoms with Gasteiger partial charge < -0.3 is 5.32 Å². The summed E-state index contributed by atoms with van der Waals surface area (Å²) in [5.41, 5.74) is 2.86. The third-order valence-corrected chi connectivity index (χ3v) is 2.88. The molecule has 0 bridgehead atoms. The quantitative estimate of drug-likeness (QED) is 0.771. The molecule has 0 aliphatic heterocycles. The van der Waals surface area contributed by atoms with Crippen molar-refractivity contribution in [3.8, 4) is 0 Å². The van der Waals surface area contributed by atoms with Crippen LogP contribution in [0.25, 0.3) is 0 Å². The van der Waals surface area contributed by atoms with Gasteiger partial charge in [0.1, 0.15) is 0 Å². The molecule has 1 nitrogen and oxygen atoms in total. The van der Waals surface area contributed by atoms with Crippen LogP contribution in [-0.4, -0.2) is 13.1 Å². The van der Waals surface area contributed by atoms with Crippen molar-refractivity contribution < 1.29 is 0 Å². The highest BCUT2D eigenvalue weighted by molar-refractivity contribution is 5.26. The van der Waals surface area contributed by atoms with Crippen molar-refractivity contribution in [1.82, 2.24) is 5.32 Å². The molecule has 0 spiro atoms. The normalized spacial score (nSPS) is 13.2. The molecular weight excluding hydrogens is 170 g/mol. The molecule has 1 heteroatoms. The van der Waals surface area contributed by atoms with Crippen molar-refractivity contribution in [3.05, 3.63) is 35.4 Å². The Labute approximate surface area is 87.5 Å². The van der Waals surface area contributed by atoms with Gasteiger partial charge in [-0.3, -0.25) is 0 Å². The smallest absolute Gasteiger partial charge is 0.0128 e. The Balaban J connectivity index is 2.72. The third kappa shape index (κ3) is 2.85. The first kappa shape index (κ1) is 11.3. The van der Waals surface area contributed by atoms with Crippen LogP contribution in [0.15, 0.2) is 24.3 Å². The molecule has 0 radical (unpaired) electrons. The lowest BCUT2D eigenvalue weighted by molar-refractivity contribution is 0.424. The highest BCUT2D eigenvalue weighted by atomic mass is 14.9. The van der Waals surface area contributed by atoms with Crippen LogP contribution in [0, 0.1) is 12.8 Å². The Morgan fingerprint density at radius 3 is 2.36 bits per heavy atom. The molecular formula is C13H21N. The van der Waals surface area contributed by atoms with E-state index < -0.39 is 0 Å². The lowest BCUT2D eigenvalue weighted by Gasteiger charge is -2.21. The molecule has 78 valence electrons. The van der Waals surface area contributed by atoms with E-state index in [-0.39, 0.29) is 0 Å². The topological polar surface area (TPSA) is 12.0 Å². The highest BCUT2D eigenvalue weighted by Gasteiger charge is 2.11. The van der Waals surface area contributed by atoms with E-state index in [4.69, 9.17) is 0 Å². The van der Waals surface area contributed by atoms with E-state index in [1.54, 1.807) is 0 Å². The van der Waals surface area contributed by atoms with E-state index in [1.165, 1.54) is 11.1 Å². The average molecular weight is 191 g/mol. The summed E-state index contributed by atoms with van der Waals surface area (Å²) in [6, 6.07) is 9.21. The Morgan fingerprint density at radius 2 is 1.86 bits per heavy atom. The summed E-state index contributed by atoms with van der Waals surface area (Å²) < 4.78 is 0. The fourth-order valence-electron chi connectivity index (χ4n) is 1.75. The maximum absolute atomic E-state index is 3.38. The van der Waals surface area contributed by atoms with Gasteiger partial charge in [0.25, 0.3) is 0 Å². The molecule has 1 rings (SSSR count). The molecule has 0 fully saturated rings. The molecule has 0 aliphatic carbocycles. The summed E-state index contributed by atoms with van der Waals surface area (Å²) in [4.78, 5) is 0. The van der Waals surface area contributed by atoms with Gasteiger partial charge in [0, 0.05) is 6.04 Å². The standard InChI is InChI=1S/C13H21N/c1-10(2)13(14-4)9-12-8-6-5-7-11(12)3/h5-8,10,13-14H,9H2,1-4H3. The van der Waals surface area contributed by atoms with Gasteiger partial charge >= 0.3 is 0 Å². The molecule has 0 heterocycles. The van der Waals surface area contributed by atoms with Crippen molar-refractivity contribution in [3.63, 3.8) is 0 Å². The molecule has 1 unspecified atom stereocenters. The maximum atomic E-state index is 3.38. The molecule has 1 aromatic rings. The molecule has 1 atom stereocenters. The van der Waals surface area contributed by atoms with E-state index in [1.807, 2.05) is 7.05 Å². The van der Waals surface area contributed by atoms with Crippen LogP contribution in [0.4, 0.5) is 0 Å². The fraction of sp³-hybridized carbons (Fsp3) is 0.538. The molecule has 14 heavy (non-hydrogen) atoms. The predicted octanol–water partition coefficient (Wildman–Crippen LogP) is 2.78. The zero-order valence-corrected chi connectivity index (χ0v) is 9.67. The second kappa shape index (κ2) is 5.16. The molecule has 0 saturated heterocycles. The summed E-state index contributed by atoms with van der Waals surface area (Å²) in [5.74, 6) is 0.680. The summed E-state index contributed by atoms with van der Waals surface area (Å²) >= 11 is 0. The largest absolute Gasteiger partial charge is 0.316 e. The number of hydrogen-bond acceptors (Lipinski definition) is 1. The Bertz CT molecular complexity index is 278. The Hall–Kier alpha value is -0.820. The van der Waals surface area contributed by atoms with Gasteiger partial charge in [0.15, 0.2) is 0 Å². The first-order valence-electron chi connectivity index (χ1n) is 5.37. The minimum Gasteiger partial charge on any atom is -0.316 e. The van der Waals surface area contributed by atoms with Crippen LogP contribution < -0.4 is 5.32 Å². The summed E-state index contributed by atoms with van der Waals surface area (Å²) in [6.45, 7) is 6.71. The van der Waals surface area contributed by atoms with Crippen LogP contribution in [0.2, 0.25) is 0 Å². The minimum absolute atomic E-state index is 0.580. The molecule has 1 N–H and O–H groups in total. The fourth-order valence-corrected chi connectivity index (χ4v) is 1.75. The SMILES string of the molecule is CNC(Cc1ccccc1C)C(C)C. The molecule has 0 saturated carbocycles. The molecule has 1 aromatic carbocycles. The van der Waals surface area contributed by atoms with Crippen LogP contribution in [0.1, 0.15) is 25.0 Å². The number of rotatable bonds is 4. The maximum Gasteiger partial charge on any atom is 0.0128 e. The van der Waals surface area contributed by atoms with E-state index in [9.17, 15) is 0 Å². The molecule has 0 aliphatic rings. The minimum atomic E-state index is 0.580. The predicted molar refractivity (Wildman–Crippen MR) is 62.6 cm³/mol. The first-order valence-corrected chi connectivity index (χ1v) is 5.37. The van der Waals surface area contributed by atoms with E-state index in [0.29, 0.717) is 12.0 Å². The number of likely N-dealkylation sites (N-methyl/N-ethyl adjacent to an activating group) is 1. The van der Waals surface area contributed by atoms with Gasteiger partial charge in [-0.05, 0) is 37.4 Å². The zero-order valence-electron chi connectivity index (χ0n) is 9.67. The van der Waals surface area contributed by atoms with Gasteiger partial charge in [-0.1, -0.05) is 38.1 Å². The van der Waals surface area contributed by atoms with Crippen LogP contribution in [-0.2, 0) is 6.42 Å². The average Bonchev–Trinajstić information content (AvgIpc) is 2.16. The highest BCUT2D eigenvalue weighted by Crippen LogP contribution is 2.13. The lowest BCUT2D eigenvalue weighted by atomic mass is 9.94. The van der Waals surface area contributed by atoms with Crippen LogP contribution in [0.5, 0.6) is 0 Å². The number of nitrogens with one attached hydrogen (secondary N) is 1. The molecule has 0 aromatic heterocycles. The summed E-state index contributed by atoms with van der Waals surface area (Å²) in [6.07, 6.45) is 1.13. The van der Waals surface area contributed by atoms with Crippen molar-refractivity contribution >= 4 is 0 Å². The van der Waals surface area contributed by atoms with E-state index in [2.05, 4.69) is 50.4 Å². The van der Waals surface area contributed by atoms with Crippen molar-refractivity contribution in [1.29, 1.82) is 0 Å². The number of benzene rings is 1. The molecule has 0 amide bonds. The van der Waals surface area contributed by atoms with Gasteiger partial charge in [-0.25, -0.2) is 0 Å². The third-order valence-electron chi connectivity index (χ3n) is 2.88. The van der Waals surface area contributed by atoms with Gasteiger partial charge in [0.05, 0.1) is 0 Å². The van der Waals surface area contributed by atoms with Crippen molar-refractivity contribution in [2.45, 2.75) is 33.2 Å². The van der Waals surface area contributed by atoms with E-state index >= 15 is 0 Å².